The van der Waals surface area contributed by atoms with Gasteiger partial charge < -0.3 is 0 Å². The minimum atomic E-state index is -0.0786. The van der Waals surface area contributed by atoms with Crippen molar-refractivity contribution in [1.82, 2.24) is 0 Å². The molecule has 3 rings (SSSR count). The summed E-state index contributed by atoms with van der Waals surface area (Å²) in [5.41, 5.74) is 2.51. The molecule has 0 radical (unpaired) electrons. The van der Waals surface area contributed by atoms with Gasteiger partial charge in [0.15, 0.2) is 11.6 Å². The summed E-state index contributed by atoms with van der Waals surface area (Å²) in [6.45, 7) is 15.6. The second kappa shape index (κ2) is 7.31. The largest absolute Gasteiger partial charge is 0.290 e. The Morgan fingerprint density at radius 2 is 1.79 bits per heavy atom. The van der Waals surface area contributed by atoms with Crippen LogP contribution in [0.25, 0.3) is 0 Å². The third-order valence-corrected chi connectivity index (χ3v) is 8.86. The maximum Gasteiger partial charge on any atom is 0.192 e. The van der Waals surface area contributed by atoms with Crippen LogP contribution in [0.4, 0.5) is 0 Å². The molecular formula is C25H36O2S. The van der Waals surface area contributed by atoms with E-state index in [4.69, 9.17) is 0 Å². The van der Waals surface area contributed by atoms with Crippen LogP contribution in [0.3, 0.4) is 0 Å². The molecule has 2 nitrogen and oxygen atoms in total. The van der Waals surface area contributed by atoms with Crippen molar-refractivity contribution in [1.29, 1.82) is 0 Å². The lowest BCUT2D eigenvalue weighted by Gasteiger charge is -2.58. The minimum absolute atomic E-state index is 0.00377. The van der Waals surface area contributed by atoms with Gasteiger partial charge in [-0.05, 0) is 67.8 Å². The van der Waals surface area contributed by atoms with E-state index in [0.717, 1.165) is 12.8 Å². The number of carbonyl (C=O) groups excluding carboxylic acids is 2. The van der Waals surface area contributed by atoms with Crippen LogP contribution >= 0.6 is 11.8 Å². The normalized spacial score (nSPS) is 36.5. The van der Waals surface area contributed by atoms with E-state index in [1.54, 1.807) is 12.2 Å². The fourth-order valence-corrected chi connectivity index (χ4v) is 6.74. The van der Waals surface area contributed by atoms with Crippen LogP contribution in [0.2, 0.25) is 0 Å². The van der Waals surface area contributed by atoms with Crippen LogP contribution in [-0.2, 0) is 9.59 Å². The van der Waals surface area contributed by atoms with Crippen molar-refractivity contribution in [2.75, 3.05) is 0 Å². The van der Waals surface area contributed by atoms with E-state index in [1.807, 2.05) is 0 Å². The van der Waals surface area contributed by atoms with Gasteiger partial charge in [0.05, 0.1) is 4.91 Å². The molecule has 0 amide bonds. The Bertz CT molecular complexity index is 779. The molecule has 0 saturated heterocycles. The van der Waals surface area contributed by atoms with Gasteiger partial charge in [0, 0.05) is 16.4 Å². The van der Waals surface area contributed by atoms with Gasteiger partial charge in [0.25, 0.3) is 0 Å². The van der Waals surface area contributed by atoms with E-state index in [9.17, 15) is 9.59 Å². The van der Waals surface area contributed by atoms with Crippen molar-refractivity contribution < 1.29 is 9.59 Å². The molecule has 4 atom stereocenters. The molecule has 1 fully saturated rings. The third kappa shape index (κ3) is 3.84. The highest BCUT2D eigenvalue weighted by molar-refractivity contribution is 8.05. The first kappa shape index (κ1) is 21.6. The van der Waals surface area contributed by atoms with Gasteiger partial charge in [-0.3, -0.25) is 9.59 Å². The summed E-state index contributed by atoms with van der Waals surface area (Å²) < 4.78 is -0.0786. The lowest BCUT2D eigenvalue weighted by molar-refractivity contribution is -0.115. The lowest BCUT2D eigenvalue weighted by atomic mass is 9.46. The Balaban J connectivity index is 1.88. The molecule has 0 heterocycles. The fourth-order valence-electron chi connectivity index (χ4n) is 5.75. The van der Waals surface area contributed by atoms with Gasteiger partial charge in [0.2, 0.25) is 0 Å². The van der Waals surface area contributed by atoms with Gasteiger partial charge in [-0.2, -0.15) is 0 Å². The number of hydrogen-bond donors (Lipinski definition) is 0. The molecule has 0 spiro atoms. The van der Waals surface area contributed by atoms with Crippen molar-refractivity contribution in [2.45, 2.75) is 85.3 Å². The molecule has 3 heteroatoms. The van der Waals surface area contributed by atoms with E-state index in [2.05, 4.69) is 54.5 Å². The second-order valence-corrected chi connectivity index (χ2v) is 12.5. The standard InChI is InChI=1S/C25H36O2S/c1-16-9-8-10-22-24(16,6)12-11-17(2)25(22,7)15-18-13-20(27)21(14-19(18)26)28-23(3,4)5/h9,13-14,17,22H,8,10-12,15H2,1-7H3/t17-,22+,24+,25+/m0/s1. The van der Waals surface area contributed by atoms with Crippen LogP contribution in [-0.4, -0.2) is 16.3 Å². The SMILES string of the molecule is CC1=CCC[C@H]2[C@](C)(CC3=CC(=O)C(SC(C)(C)C)=CC3=O)[C@@H](C)CC[C@]12C. The van der Waals surface area contributed by atoms with E-state index in [1.165, 1.54) is 36.6 Å². The summed E-state index contributed by atoms with van der Waals surface area (Å²) >= 11 is 1.49. The van der Waals surface area contributed by atoms with Crippen LogP contribution in [0.1, 0.15) is 80.6 Å². The molecule has 0 N–H and O–H groups in total. The molecule has 0 unspecified atom stereocenters. The quantitative estimate of drug-likeness (QED) is 0.392. The average molecular weight is 401 g/mol. The molecule has 0 aromatic heterocycles. The molecule has 0 aliphatic heterocycles. The number of ketones is 2. The van der Waals surface area contributed by atoms with Crippen LogP contribution in [0, 0.1) is 22.7 Å². The first-order valence-corrected chi connectivity index (χ1v) is 11.6. The molecule has 0 aromatic rings. The lowest BCUT2D eigenvalue weighted by Crippen LogP contribution is -2.50. The van der Waals surface area contributed by atoms with Crippen molar-refractivity contribution in [2.24, 2.45) is 22.7 Å². The molecule has 0 bridgehead atoms. The van der Waals surface area contributed by atoms with E-state index in [-0.39, 0.29) is 27.1 Å². The van der Waals surface area contributed by atoms with Gasteiger partial charge in [-0.15, -0.1) is 11.8 Å². The van der Waals surface area contributed by atoms with Crippen molar-refractivity contribution >= 4 is 23.3 Å². The Kier molecular flexibility index (Phi) is 5.64. The molecule has 154 valence electrons. The molecule has 0 aromatic carbocycles. The maximum absolute atomic E-state index is 12.9. The van der Waals surface area contributed by atoms with Gasteiger partial charge in [-0.25, -0.2) is 0 Å². The summed E-state index contributed by atoms with van der Waals surface area (Å²) in [6.07, 6.45) is 11.1. The van der Waals surface area contributed by atoms with Crippen molar-refractivity contribution in [3.63, 3.8) is 0 Å². The number of rotatable bonds is 3. The average Bonchev–Trinajstić information content (AvgIpc) is 2.57. The molecule has 3 aliphatic carbocycles. The molecule has 28 heavy (non-hydrogen) atoms. The topological polar surface area (TPSA) is 34.1 Å². The molecular weight excluding hydrogens is 364 g/mol. The van der Waals surface area contributed by atoms with Crippen molar-refractivity contribution in [3.05, 3.63) is 34.3 Å². The monoisotopic (exact) mass is 400 g/mol. The third-order valence-electron chi connectivity index (χ3n) is 7.71. The fraction of sp³-hybridized carbons (Fsp3) is 0.680. The summed E-state index contributed by atoms with van der Waals surface area (Å²) in [4.78, 5) is 26.3. The number of fused-ring (bicyclic) bond motifs is 1. The number of carbonyl (C=O) groups is 2. The zero-order chi connectivity index (χ0) is 20.9. The first-order valence-electron chi connectivity index (χ1n) is 10.7. The highest BCUT2D eigenvalue weighted by Gasteiger charge is 2.53. The van der Waals surface area contributed by atoms with Gasteiger partial charge in [-0.1, -0.05) is 53.2 Å². The van der Waals surface area contributed by atoms with Gasteiger partial charge >= 0.3 is 0 Å². The number of thioether (sulfide) groups is 1. The summed E-state index contributed by atoms with van der Waals surface area (Å²) in [5, 5.41) is 0. The Labute approximate surface area is 175 Å². The van der Waals surface area contributed by atoms with Gasteiger partial charge in [0.1, 0.15) is 0 Å². The summed E-state index contributed by atoms with van der Waals surface area (Å²) in [5.74, 6) is 1.15. The van der Waals surface area contributed by atoms with E-state index < -0.39 is 0 Å². The Hall–Kier alpha value is -1.09. The predicted molar refractivity (Wildman–Crippen MR) is 119 cm³/mol. The summed E-state index contributed by atoms with van der Waals surface area (Å²) in [6, 6.07) is 0. The van der Waals surface area contributed by atoms with Crippen LogP contribution in [0.5, 0.6) is 0 Å². The Morgan fingerprint density at radius 1 is 1.11 bits per heavy atom. The second-order valence-electron chi connectivity index (χ2n) is 10.7. The molecule has 3 aliphatic rings. The number of hydrogen-bond acceptors (Lipinski definition) is 3. The minimum Gasteiger partial charge on any atom is -0.290 e. The predicted octanol–water partition coefficient (Wildman–Crippen LogP) is 6.67. The van der Waals surface area contributed by atoms with E-state index in [0.29, 0.717) is 22.3 Å². The first-order chi connectivity index (χ1) is 12.9. The Morgan fingerprint density at radius 3 is 2.43 bits per heavy atom. The highest BCUT2D eigenvalue weighted by Crippen LogP contribution is 2.62. The van der Waals surface area contributed by atoms with Crippen LogP contribution in [0.15, 0.2) is 34.3 Å². The number of allylic oxidation sites excluding steroid dienone is 6. The molecule has 1 saturated carbocycles. The van der Waals surface area contributed by atoms with Crippen molar-refractivity contribution in [3.8, 4) is 0 Å². The highest BCUT2D eigenvalue weighted by atomic mass is 32.2. The smallest absolute Gasteiger partial charge is 0.192 e. The zero-order valence-corrected chi connectivity index (χ0v) is 19.5. The van der Waals surface area contributed by atoms with Crippen LogP contribution < -0.4 is 0 Å². The maximum atomic E-state index is 12.9. The summed E-state index contributed by atoms with van der Waals surface area (Å²) in [7, 11) is 0. The zero-order valence-electron chi connectivity index (χ0n) is 18.6. The van der Waals surface area contributed by atoms with E-state index >= 15 is 0 Å².